The molecule has 0 aromatic heterocycles. The average Bonchev–Trinajstić information content (AvgIpc) is 3.77. The summed E-state index contributed by atoms with van der Waals surface area (Å²) in [5.41, 5.74) is 1.80. The highest BCUT2D eigenvalue weighted by Crippen LogP contribution is 2.59. The summed E-state index contributed by atoms with van der Waals surface area (Å²) >= 11 is 0. The highest BCUT2D eigenvalue weighted by Gasteiger charge is 2.76. The summed E-state index contributed by atoms with van der Waals surface area (Å²) in [4.78, 5) is 60.6. The molecular weight excluding hydrogens is 662 g/mol. The van der Waals surface area contributed by atoms with Gasteiger partial charge in [0.15, 0.2) is 0 Å². The van der Waals surface area contributed by atoms with Crippen molar-refractivity contribution < 1.29 is 38.5 Å². The third kappa shape index (κ3) is 7.18. The minimum Gasteiger partial charge on any atom is -0.455 e. The van der Waals surface area contributed by atoms with Crippen molar-refractivity contribution in [2.75, 3.05) is 31.8 Å². The Balaban J connectivity index is 1.55. The number of anilines is 1. The molecule has 3 aliphatic heterocycles. The molecule has 3 saturated heterocycles. The quantitative estimate of drug-likeness (QED) is 0.180. The molecule has 2 aromatic carbocycles. The van der Waals surface area contributed by atoms with Crippen LogP contribution in [0.4, 0.5) is 5.69 Å². The zero-order valence-corrected chi connectivity index (χ0v) is 31.0. The molecule has 3 heterocycles. The first-order valence-electron chi connectivity index (χ1n) is 18.2. The van der Waals surface area contributed by atoms with E-state index in [9.17, 15) is 19.5 Å². The average molecular weight is 716 g/mol. The predicted molar refractivity (Wildman–Crippen MR) is 197 cm³/mol. The molecule has 3 amide bonds. The maximum absolute atomic E-state index is 15.1. The van der Waals surface area contributed by atoms with E-state index in [1.54, 1.807) is 17.1 Å². The summed E-state index contributed by atoms with van der Waals surface area (Å²) in [5, 5.41) is 13.7. The third-order valence-corrected chi connectivity index (χ3v) is 10.8. The Morgan fingerprint density at radius 2 is 1.79 bits per heavy atom. The van der Waals surface area contributed by atoms with Gasteiger partial charge in [0.1, 0.15) is 17.7 Å². The van der Waals surface area contributed by atoms with E-state index in [0.717, 1.165) is 16.8 Å². The molecule has 5 rings (SSSR count). The van der Waals surface area contributed by atoms with Crippen LogP contribution in [0.15, 0.2) is 73.8 Å². The Hall–Kier alpha value is -4.32. The summed E-state index contributed by atoms with van der Waals surface area (Å²) in [7, 11) is 1.50. The van der Waals surface area contributed by atoms with Crippen LogP contribution >= 0.6 is 0 Å². The van der Waals surface area contributed by atoms with Crippen LogP contribution in [0.1, 0.15) is 62.3 Å². The lowest BCUT2D eigenvalue weighted by Crippen LogP contribution is -2.60. The number of fused-ring (bicyclic) bond motifs is 1. The Kier molecular flexibility index (Phi) is 12.4. The van der Waals surface area contributed by atoms with Gasteiger partial charge in [0.25, 0.3) is 5.91 Å². The summed E-state index contributed by atoms with van der Waals surface area (Å²) in [6.07, 6.45) is 3.18. The minimum atomic E-state index is -1.33. The van der Waals surface area contributed by atoms with Gasteiger partial charge in [-0.05, 0) is 55.7 Å². The monoisotopic (exact) mass is 715 g/mol. The SMILES string of the molecule is C=CCCC(=O)N[C@H](COC)[C@H](OC(=O)[C@@H]1[C@H]2C(=O)N([C@@H](CO)C(C)C)[C@H](C(=O)N(CC=C)c3c(C)cccc3C)[C@]23CC[C@H]1O3)c1ccccc1. The van der Waals surface area contributed by atoms with E-state index in [-0.39, 0.29) is 43.9 Å². The number of benzene rings is 2. The van der Waals surface area contributed by atoms with Gasteiger partial charge in [0.05, 0.1) is 43.2 Å². The predicted octanol–water partition coefficient (Wildman–Crippen LogP) is 4.60. The van der Waals surface area contributed by atoms with Crippen molar-refractivity contribution in [3.63, 3.8) is 0 Å². The zero-order chi connectivity index (χ0) is 37.7. The summed E-state index contributed by atoms with van der Waals surface area (Å²) in [6, 6.07) is 12.3. The van der Waals surface area contributed by atoms with E-state index < -0.39 is 59.6 Å². The highest BCUT2D eigenvalue weighted by atomic mass is 16.6. The first-order valence-corrected chi connectivity index (χ1v) is 18.2. The van der Waals surface area contributed by atoms with Crippen molar-refractivity contribution in [1.82, 2.24) is 10.2 Å². The Morgan fingerprint density at radius 1 is 1.10 bits per heavy atom. The number of carbonyl (C=O) groups excluding carboxylic acids is 4. The molecule has 0 radical (unpaired) electrons. The van der Waals surface area contributed by atoms with Crippen LogP contribution in [0, 0.1) is 31.6 Å². The molecule has 3 aliphatic rings. The molecule has 2 N–H and O–H groups in total. The maximum atomic E-state index is 15.1. The van der Waals surface area contributed by atoms with Gasteiger partial charge in [-0.25, -0.2) is 0 Å². The van der Waals surface area contributed by atoms with E-state index in [1.807, 2.05) is 76.2 Å². The second kappa shape index (κ2) is 16.6. The van der Waals surface area contributed by atoms with Crippen molar-refractivity contribution in [3.05, 3.63) is 90.5 Å². The number of hydrogen-bond donors (Lipinski definition) is 2. The van der Waals surface area contributed by atoms with Gasteiger partial charge >= 0.3 is 5.97 Å². The van der Waals surface area contributed by atoms with E-state index in [4.69, 9.17) is 14.2 Å². The number of likely N-dealkylation sites (tertiary alicyclic amines) is 1. The number of methoxy groups -OCH3 is 1. The Labute approximate surface area is 307 Å². The van der Waals surface area contributed by atoms with Gasteiger partial charge in [-0.2, -0.15) is 0 Å². The number of nitrogens with one attached hydrogen (secondary N) is 1. The molecule has 1 spiro atoms. The molecule has 0 aliphatic carbocycles. The number of allylic oxidation sites excluding steroid dienone is 1. The van der Waals surface area contributed by atoms with Gasteiger partial charge < -0.3 is 34.4 Å². The number of para-hydroxylation sites is 1. The largest absolute Gasteiger partial charge is 0.455 e. The van der Waals surface area contributed by atoms with Gasteiger partial charge in [-0.3, -0.25) is 19.2 Å². The van der Waals surface area contributed by atoms with Crippen molar-refractivity contribution >= 4 is 29.4 Å². The molecular formula is C41H53N3O8. The van der Waals surface area contributed by atoms with Crippen molar-refractivity contribution in [3.8, 4) is 0 Å². The molecule has 2 aromatic rings. The number of nitrogens with zero attached hydrogens (tertiary/aromatic N) is 2. The molecule has 2 bridgehead atoms. The third-order valence-electron chi connectivity index (χ3n) is 10.8. The van der Waals surface area contributed by atoms with E-state index in [1.165, 1.54) is 12.0 Å². The lowest BCUT2D eigenvalue weighted by molar-refractivity contribution is -0.163. The first kappa shape index (κ1) is 38.9. The fourth-order valence-electron chi connectivity index (χ4n) is 8.54. The van der Waals surface area contributed by atoms with Gasteiger partial charge in [0, 0.05) is 25.8 Å². The maximum Gasteiger partial charge on any atom is 0.313 e. The van der Waals surface area contributed by atoms with Gasteiger partial charge in [0.2, 0.25) is 11.8 Å². The van der Waals surface area contributed by atoms with Crippen molar-refractivity contribution in [1.29, 1.82) is 0 Å². The normalized spacial score (nSPS) is 25.0. The lowest BCUT2D eigenvalue weighted by Gasteiger charge is -2.41. The number of esters is 1. The molecule has 0 unspecified atom stereocenters. The lowest BCUT2D eigenvalue weighted by atomic mass is 9.70. The van der Waals surface area contributed by atoms with E-state index in [0.29, 0.717) is 24.8 Å². The summed E-state index contributed by atoms with van der Waals surface area (Å²) < 4.78 is 18.5. The van der Waals surface area contributed by atoms with Gasteiger partial charge in [-0.15, -0.1) is 13.2 Å². The van der Waals surface area contributed by atoms with Crippen molar-refractivity contribution in [2.24, 2.45) is 17.8 Å². The number of hydrogen-bond acceptors (Lipinski definition) is 8. The van der Waals surface area contributed by atoms with Crippen LogP contribution in [0.5, 0.6) is 0 Å². The molecule has 11 nitrogen and oxygen atoms in total. The topological polar surface area (TPSA) is 135 Å². The van der Waals surface area contributed by atoms with Crippen LogP contribution < -0.4 is 10.2 Å². The summed E-state index contributed by atoms with van der Waals surface area (Å²) in [6.45, 7) is 15.1. The van der Waals surface area contributed by atoms with Crippen LogP contribution in [0.3, 0.4) is 0 Å². The highest BCUT2D eigenvalue weighted by molar-refractivity contribution is 6.05. The first-order chi connectivity index (χ1) is 24.9. The number of rotatable bonds is 17. The number of aliphatic hydroxyl groups excluding tert-OH is 1. The van der Waals surface area contributed by atoms with Crippen LogP contribution in [0.25, 0.3) is 0 Å². The molecule has 52 heavy (non-hydrogen) atoms. The van der Waals surface area contributed by atoms with E-state index >= 15 is 4.79 Å². The number of aryl methyl sites for hydroxylation is 2. The van der Waals surface area contributed by atoms with Crippen LogP contribution in [0.2, 0.25) is 0 Å². The number of aliphatic hydroxyl groups is 1. The summed E-state index contributed by atoms with van der Waals surface area (Å²) in [5.74, 6) is -3.94. The number of ether oxygens (including phenoxy) is 3. The molecule has 8 atom stereocenters. The van der Waals surface area contributed by atoms with Crippen LogP contribution in [-0.2, 0) is 33.4 Å². The second-order valence-electron chi connectivity index (χ2n) is 14.5. The standard InChI is InChI=1S/C41H53N3O8/c1-8-10-19-32(46)42-29(24-50-7)36(28-17-12-11-13-18-28)51-40(49)33-31-20-21-41(52-31)34(33)38(47)44(30(23-45)25(3)4)37(41)39(48)43(22-9-2)35-26(5)15-14-16-27(35)6/h8-9,11-18,25,29-31,33-34,36-37,45H,1-2,10,19-24H2,3-7H3,(H,42,46)/t29-,30+,31-,33+,34+,36-,37-,41+/m1/s1. The zero-order valence-electron chi connectivity index (χ0n) is 31.0. The molecule has 0 saturated carbocycles. The fourth-order valence-corrected chi connectivity index (χ4v) is 8.54. The van der Waals surface area contributed by atoms with Crippen molar-refractivity contribution in [2.45, 2.75) is 89.3 Å². The minimum absolute atomic E-state index is 0.0535. The number of carbonyl (C=O) groups is 4. The molecule has 11 heteroatoms. The number of amides is 3. The van der Waals surface area contributed by atoms with E-state index in [2.05, 4.69) is 18.5 Å². The van der Waals surface area contributed by atoms with Gasteiger partial charge in [-0.1, -0.05) is 74.5 Å². The Morgan fingerprint density at radius 3 is 2.38 bits per heavy atom. The molecule has 3 fully saturated rings. The molecule has 280 valence electrons. The second-order valence-corrected chi connectivity index (χ2v) is 14.5. The fraction of sp³-hybridized carbons (Fsp3) is 0.512. The smallest absolute Gasteiger partial charge is 0.313 e. The Bertz CT molecular complexity index is 1630. The van der Waals surface area contributed by atoms with Crippen LogP contribution in [-0.4, -0.2) is 90.4 Å².